The number of aromatic hydroxyl groups is 2. The number of carboxylic acid groups (broad SMARTS) is 1. The molecule has 0 aliphatic rings. The lowest BCUT2D eigenvalue weighted by Gasteiger charge is -2.26. The van der Waals surface area contributed by atoms with Gasteiger partial charge in [-0.2, -0.15) is 0 Å². The van der Waals surface area contributed by atoms with Crippen molar-refractivity contribution in [1.82, 2.24) is 5.43 Å². The highest BCUT2D eigenvalue weighted by Crippen LogP contribution is 2.27. The molecule has 8 nitrogen and oxygen atoms in total. The first-order valence-corrected chi connectivity index (χ1v) is 8.19. The van der Waals surface area contributed by atoms with Crippen LogP contribution in [-0.2, 0) is 33.8 Å². The molecule has 2 aromatic carbocycles. The van der Waals surface area contributed by atoms with Crippen molar-refractivity contribution >= 4 is 11.9 Å². The van der Waals surface area contributed by atoms with Crippen molar-refractivity contribution in [2.24, 2.45) is 5.84 Å². The summed E-state index contributed by atoms with van der Waals surface area (Å²) in [4.78, 5) is 23.2. The van der Waals surface area contributed by atoms with E-state index in [-0.39, 0.29) is 30.9 Å². The van der Waals surface area contributed by atoms with Gasteiger partial charge in [0, 0.05) is 6.42 Å². The van der Waals surface area contributed by atoms with Crippen molar-refractivity contribution in [3.8, 4) is 11.5 Å². The van der Waals surface area contributed by atoms with Crippen LogP contribution in [0.1, 0.15) is 23.6 Å². The average molecular weight is 374 g/mol. The maximum absolute atomic E-state index is 12.5. The molecule has 0 aromatic heterocycles. The first kappa shape index (κ1) is 20.2. The molecule has 2 aromatic rings. The molecule has 0 fully saturated rings. The Bertz CT molecular complexity index is 821. The van der Waals surface area contributed by atoms with Gasteiger partial charge < -0.3 is 20.1 Å². The predicted molar refractivity (Wildman–Crippen MR) is 96.8 cm³/mol. The molecule has 0 aliphatic heterocycles. The number of ether oxygens (including phenoxy) is 1. The molecule has 0 saturated heterocycles. The minimum absolute atomic E-state index is 0.00425. The number of nitrogens with two attached hydrogens (primary N) is 1. The summed E-state index contributed by atoms with van der Waals surface area (Å²) >= 11 is 0. The van der Waals surface area contributed by atoms with Crippen LogP contribution in [0.5, 0.6) is 11.5 Å². The Morgan fingerprint density at radius 1 is 1.04 bits per heavy atom. The molecule has 0 heterocycles. The quantitative estimate of drug-likeness (QED) is 0.201. The maximum Gasteiger partial charge on any atom is 0.328 e. The molecule has 1 unspecified atom stereocenters. The molecule has 0 bridgehead atoms. The Morgan fingerprint density at radius 3 is 2.19 bits per heavy atom. The summed E-state index contributed by atoms with van der Waals surface area (Å²) in [6, 6.07) is 10.9. The Kier molecular flexibility index (Phi) is 6.38. The van der Waals surface area contributed by atoms with Crippen molar-refractivity contribution in [2.75, 3.05) is 0 Å². The van der Waals surface area contributed by atoms with Crippen LogP contribution in [-0.4, -0.2) is 32.8 Å². The third kappa shape index (κ3) is 5.44. The number of rotatable bonds is 8. The Morgan fingerprint density at radius 2 is 1.63 bits per heavy atom. The smallest absolute Gasteiger partial charge is 0.328 e. The number of nitrogens with one attached hydrogen (secondary N) is 1. The zero-order valence-corrected chi connectivity index (χ0v) is 14.8. The second-order valence-corrected chi connectivity index (χ2v) is 6.44. The highest BCUT2D eigenvalue weighted by molar-refractivity contribution is 5.80. The summed E-state index contributed by atoms with van der Waals surface area (Å²) in [6.45, 7) is 1.57. The van der Waals surface area contributed by atoms with Crippen LogP contribution in [0.2, 0.25) is 0 Å². The van der Waals surface area contributed by atoms with E-state index in [0.717, 1.165) is 0 Å². The number of aliphatic carboxylic acids is 1. The van der Waals surface area contributed by atoms with Crippen LogP contribution in [0, 0.1) is 0 Å². The Hall–Kier alpha value is -3.10. The zero-order chi connectivity index (χ0) is 20.0. The van der Waals surface area contributed by atoms with Crippen LogP contribution >= 0.6 is 0 Å². The SMILES string of the molecule is CC(Cc1ccc(O)c(O)c1)(NN)C(=O)OCc1ccc(CC(=O)O)cc1. The van der Waals surface area contributed by atoms with Crippen molar-refractivity contribution in [3.05, 3.63) is 59.2 Å². The van der Waals surface area contributed by atoms with Crippen molar-refractivity contribution in [1.29, 1.82) is 0 Å². The van der Waals surface area contributed by atoms with E-state index < -0.39 is 17.5 Å². The molecule has 27 heavy (non-hydrogen) atoms. The third-order valence-corrected chi connectivity index (χ3v) is 4.11. The van der Waals surface area contributed by atoms with E-state index in [1.54, 1.807) is 37.3 Å². The summed E-state index contributed by atoms with van der Waals surface area (Å²) in [5, 5.41) is 27.7. The number of phenolic OH excluding ortho intramolecular Hbond substituents is 2. The maximum atomic E-state index is 12.5. The summed E-state index contributed by atoms with van der Waals surface area (Å²) in [5.74, 6) is 3.49. The van der Waals surface area contributed by atoms with Gasteiger partial charge in [0.15, 0.2) is 11.5 Å². The minimum Gasteiger partial charge on any atom is -0.504 e. The van der Waals surface area contributed by atoms with Crippen LogP contribution in [0.25, 0.3) is 0 Å². The number of carbonyl (C=O) groups excluding carboxylic acids is 1. The topological polar surface area (TPSA) is 142 Å². The summed E-state index contributed by atoms with van der Waals surface area (Å²) in [6.07, 6.45) is 0.0580. The largest absolute Gasteiger partial charge is 0.504 e. The zero-order valence-electron chi connectivity index (χ0n) is 14.8. The first-order chi connectivity index (χ1) is 12.7. The number of hydrazine groups is 1. The van der Waals surface area contributed by atoms with Crippen LogP contribution < -0.4 is 11.3 Å². The fourth-order valence-corrected chi connectivity index (χ4v) is 2.51. The number of esters is 1. The second-order valence-electron chi connectivity index (χ2n) is 6.44. The van der Waals surface area contributed by atoms with Crippen LogP contribution in [0.3, 0.4) is 0 Å². The van der Waals surface area contributed by atoms with Gasteiger partial charge in [0.05, 0.1) is 6.42 Å². The molecule has 8 heteroatoms. The Balaban J connectivity index is 2.00. The lowest BCUT2D eigenvalue weighted by molar-refractivity contribution is -0.152. The van der Waals surface area contributed by atoms with E-state index in [2.05, 4.69) is 5.43 Å². The van der Waals surface area contributed by atoms with Gasteiger partial charge in [-0.25, -0.2) is 10.2 Å². The highest BCUT2D eigenvalue weighted by Gasteiger charge is 2.34. The molecule has 1 atom stereocenters. The lowest BCUT2D eigenvalue weighted by Crippen LogP contribution is -2.55. The van der Waals surface area contributed by atoms with Gasteiger partial charge in [0.2, 0.25) is 0 Å². The summed E-state index contributed by atoms with van der Waals surface area (Å²) < 4.78 is 5.32. The molecule has 0 amide bonds. The second kappa shape index (κ2) is 8.52. The molecule has 0 radical (unpaired) electrons. The average Bonchev–Trinajstić information content (AvgIpc) is 2.63. The molecular formula is C19H22N2O6. The van der Waals surface area contributed by atoms with E-state index in [0.29, 0.717) is 16.7 Å². The van der Waals surface area contributed by atoms with Gasteiger partial charge in [-0.05, 0) is 35.7 Å². The van der Waals surface area contributed by atoms with Crippen molar-refractivity contribution < 1.29 is 29.6 Å². The normalized spacial score (nSPS) is 13.0. The number of benzene rings is 2. The van der Waals surface area contributed by atoms with Gasteiger partial charge in [-0.3, -0.25) is 10.6 Å². The van der Waals surface area contributed by atoms with Crippen LogP contribution in [0.15, 0.2) is 42.5 Å². The number of phenols is 2. The number of carbonyl (C=O) groups is 2. The van der Waals surface area contributed by atoms with Gasteiger partial charge >= 0.3 is 11.9 Å². The molecule has 0 spiro atoms. The van der Waals surface area contributed by atoms with E-state index in [4.69, 9.17) is 15.7 Å². The van der Waals surface area contributed by atoms with Gasteiger partial charge in [0.25, 0.3) is 0 Å². The monoisotopic (exact) mass is 374 g/mol. The molecule has 6 N–H and O–H groups in total. The van der Waals surface area contributed by atoms with E-state index in [1.165, 1.54) is 12.1 Å². The third-order valence-electron chi connectivity index (χ3n) is 4.11. The number of hydrogen-bond acceptors (Lipinski definition) is 7. The predicted octanol–water partition coefficient (Wildman–Crippen LogP) is 1.23. The first-order valence-electron chi connectivity index (χ1n) is 8.19. The molecule has 0 aliphatic carbocycles. The van der Waals surface area contributed by atoms with Crippen molar-refractivity contribution in [2.45, 2.75) is 31.9 Å². The fraction of sp³-hybridized carbons (Fsp3) is 0.263. The number of hydrogen-bond donors (Lipinski definition) is 5. The highest BCUT2D eigenvalue weighted by atomic mass is 16.5. The molecular weight excluding hydrogens is 352 g/mol. The van der Waals surface area contributed by atoms with E-state index in [9.17, 15) is 19.8 Å². The van der Waals surface area contributed by atoms with Gasteiger partial charge in [-0.15, -0.1) is 0 Å². The molecule has 0 saturated carbocycles. The Labute approximate surface area is 156 Å². The number of carboxylic acids is 1. The summed E-state index contributed by atoms with van der Waals surface area (Å²) in [7, 11) is 0. The summed E-state index contributed by atoms with van der Waals surface area (Å²) in [5.41, 5.74) is 3.14. The lowest BCUT2D eigenvalue weighted by atomic mass is 9.93. The van der Waals surface area contributed by atoms with Crippen LogP contribution in [0.4, 0.5) is 0 Å². The molecule has 2 rings (SSSR count). The van der Waals surface area contributed by atoms with E-state index >= 15 is 0 Å². The van der Waals surface area contributed by atoms with Gasteiger partial charge in [0.1, 0.15) is 12.1 Å². The van der Waals surface area contributed by atoms with Crippen molar-refractivity contribution in [3.63, 3.8) is 0 Å². The van der Waals surface area contributed by atoms with E-state index in [1.807, 2.05) is 0 Å². The standard InChI is InChI=1S/C19H22N2O6/c1-19(21-20,10-14-6-7-15(22)16(23)8-14)18(26)27-11-13-4-2-12(3-5-13)9-17(24)25/h2-8,21-23H,9-11,20H2,1H3,(H,24,25). The fourth-order valence-electron chi connectivity index (χ4n) is 2.51. The van der Waals surface area contributed by atoms with Gasteiger partial charge in [-0.1, -0.05) is 30.3 Å². The minimum atomic E-state index is -1.24. The molecule has 144 valence electrons.